The molecule has 1 aliphatic heterocycles. The minimum Gasteiger partial charge on any atom is -0.381 e. The quantitative estimate of drug-likeness (QED) is 0.839. The lowest BCUT2D eigenvalue weighted by atomic mass is 9.75. The Kier molecular flexibility index (Phi) is 4.79. The minimum absolute atomic E-state index is 0.538. The van der Waals surface area contributed by atoms with Gasteiger partial charge in [-0.25, -0.2) is 0 Å². The number of nitrogens with one attached hydrogen (secondary N) is 1. The van der Waals surface area contributed by atoms with Crippen LogP contribution >= 0.6 is 11.8 Å². The second-order valence-electron chi connectivity index (χ2n) is 6.29. The Morgan fingerprint density at radius 2 is 1.88 bits per heavy atom. The third-order valence-corrected chi connectivity index (χ3v) is 5.94. The van der Waals surface area contributed by atoms with Gasteiger partial charge in [-0.15, -0.1) is 0 Å². The summed E-state index contributed by atoms with van der Waals surface area (Å²) in [4.78, 5) is 0. The predicted octanol–water partition coefficient (Wildman–Crippen LogP) is 3.07. The summed E-state index contributed by atoms with van der Waals surface area (Å²) in [6, 6.07) is 0.718. The van der Waals surface area contributed by atoms with Gasteiger partial charge in [-0.3, -0.25) is 0 Å². The summed E-state index contributed by atoms with van der Waals surface area (Å²) in [7, 11) is 2.13. The van der Waals surface area contributed by atoms with Crippen molar-refractivity contribution in [1.82, 2.24) is 5.32 Å². The number of hydrogen-bond donors (Lipinski definition) is 1. The van der Waals surface area contributed by atoms with Gasteiger partial charge in [-0.05, 0) is 44.6 Å². The average molecular weight is 257 g/mol. The third kappa shape index (κ3) is 3.87. The van der Waals surface area contributed by atoms with E-state index < -0.39 is 0 Å². The largest absolute Gasteiger partial charge is 0.381 e. The highest BCUT2D eigenvalue weighted by molar-refractivity contribution is 8.00. The van der Waals surface area contributed by atoms with Crippen LogP contribution in [0.1, 0.15) is 46.0 Å². The fraction of sp³-hybridized carbons (Fsp3) is 1.00. The van der Waals surface area contributed by atoms with Gasteiger partial charge in [0.2, 0.25) is 0 Å². The Morgan fingerprint density at radius 1 is 1.18 bits per heavy atom. The molecule has 17 heavy (non-hydrogen) atoms. The Hall–Kier alpha value is 0.270. The number of hydrogen-bond acceptors (Lipinski definition) is 3. The second-order valence-corrected chi connectivity index (χ2v) is 7.83. The molecule has 100 valence electrons. The topological polar surface area (TPSA) is 21.3 Å². The smallest absolute Gasteiger partial charge is 0.0476 e. The molecule has 3 heteroatoms. The molecule has 2 fully saturated rings. The van der Waals surface area contributed by atoms with Crippen molar-refractivity contribution in [2.45, 2.75) is 62.5 Å². The van der Waals surface area contributed by atoms with Crippen molar-refractivity contribution >= 4 is 11.8 Å². The molecule has 1 saturated heterocycles. The van der Waals surface area contributed by atoms with E-state index in [1.807, 2.05) is 0 Å². The Balaban J connectivity index is 1.90. The molecule has 1 saturated carbocycles. The first-order valence-electron chi connectivity index (χ1n) is 7.01. The maximum Gasteiger partial charge on any atom is 0.0476 e. The van der Waals surface area contributed by atoms with Crippen LogP contribution in [0.4, 0.5) is 0 Å². The Bertz CT molecular complexity index is 238. The molecule has 2 unspecified atom stereocenters. The van der Waals surface area contributed by atoms with E-state index in [1.165, 1.54) is 32.1 Å². The summed E-state index contributed by atoms with van der Waals surface area (Å²) >= 11 is 2.23. The molecule has 2 rings (SSSR count). The van der Waals surface area contributed by atoms with Crippen LogP contribution in [0.15, 0.2) is 0 Å². The predicted molar refractivity (Wildman–Crippen MR) is 75.7 cm³/mol. The molecular formula is C14H27NOS. The monoisotopic (exact) mass is 257 g/mol. The summed E-state index contributed by atoms with van der Waals surface area (Å²) in [5, 5.41) is 5.16. The van der Waals surface area contributed by atoms with Gasteiger partial charge in [0.1, 0.15) is 0 Å². The van der Waals surface area contributed by atoms with Crippen LogP contribution in [0, 0.1) is 5.41 Å². The third-order valence-electron chi connectivity index (χ3n) is 4.24. The molecule has 0 radical (unpaired) electrons. The van der Waals surface area contributed by atoms with Crippen LogP contribution in [0.5, 0.6) is 0 Å². The van der Waals surface area contributed by atoms with Gasteiger partial charge in [0, 0.05) is 29.8 Å². The first-order chi connectivity index (χ1) is 8.11. The summed E-state index contributed by atoms with van der Waals surface area (Å²) in [5.74, 6) is 0. The molecule has 2 aliphatic rings. The van der Waals surface area contributed by atoms with Crippen LogP contribution in [0.25, 0.3) is 0 Å². The van der Waals surface area contributed by atoms with Gasteiger partial charge in [0.05, 0.1) is 0 Å². The molecule has 1 N–H and O–H groups in total. The second kappa shape index (κ2) is 5.94. The molecule has 2 nitrogen and oxygen atoms in total. The van der Waals surface area contributed by atoms with Gasteiger partial charge in [0.25, 0.3) is 0 Å². The SMILES string of the molecule is CNC1CCC(C)(C)CC1SC1CCOCC1. The van der Waals surface area contributed by atoms with Gasteiger partial charge >= 0.3 is 0 Å². The first kappa shape index (κ1) is 13.7. The maximum absolute atomic E-state index is 5.45. The Morgan fingerprint density at radius 3 is 2.53 bits per heavy atom. The zero-order chi connectivity index (χ0) is 12.3. The van der Waals surface area contributed by atoms with E-state index >= 15 is 0 Å². The molecule has 1 heterocycles. The number of ether oxygens (including phenoxy) is 1. The molecule has 1 aliphatic carbocycles. The highest BCUT2D eigenvalue weighted by Gasteiger charge is 2.35. The summed E-state index contributed by atoms with van der Waals surface area (Å²) in [6.45, 7) is 6.79. The van der Waals surface area contributed by atoms with Crippen LogP contribution in [-0.2, 0) is 4.74 Å². The van der Waals surface area contributed by atoms with Crippen molar-refractivity contribution in [3.05, 3.63) is 0 Å². The molecule has 0 bridgehead atoms. The normalized spacial score (nSPS) is 34.8. The van der Waals surface area contributed by atoms with Crippen LogP contribution in [-0.4, -0.2) is 36.8 Å². The van der Waals surface area contributed by atoms with Crippen molar-refractivity contribution in [2.24, 2.45) is 5.41 Å². The Labute approximate surface area is 110 Å². The van der Waals surface area contributed by atoms with Crippen LogP contribution in [0.3, 0.4) is 0 Å². The van der Waals surface area contributed by atoms with E-state index in [1.54, 1.807) is 0 Å². The fourth-order valence-corrected chi connectivity index (χ4v) is 5.02. The van der Waals surface area contributed by atoms with Gasteiger partial charge in [-0.2, -0.15) is 11.8 Å². The summed E-state index contributed by atoms with van der Waals surface area (Å²) in [5.41, 5.74) is 0.538. The van der Waals surface area contributed by atoms with Crippen molar-refractivity contribution in [3.8, 4) is 0 Å². The molecule has 2 atom stereocenters. The maximum atomic E-state index is 5.45. The average Bonchev–Trinajstić information content (AvgIpc) is 2.30. The van der Waals surface area contributed by atoms with Crippen molar-refractivity contribution in [3.63, 3.8) is 0 Å². The lowest BCUT2D eigenvalue weighted by molar-refractivity contribution is 0.0996. The van der Waals surface area contributed by atoms with E-state index in [-0.39, 0.29) is 0 Å². The molecular weight excluding hydrogens is 230 g/mol. The summed E-state index contributed by atoms with van der Waals surface area (Å²) in [6.07, 6.45) is 6.56. The van der Waals surface area contributed by atoms with E-state index in [4.69, 9.17) is 4.74 Å². The fourth-order valence-electron chi connectivity index (χ4n) is 3.05. The lowest BCUT2D eigenvalue weighted by Crippen LogP contribution is -2.44. The van der Waals surface area contributed by atoms with Crippen molar-refractivity contribution in [1.29, 1.82) is 0 Å². The number of rotatable bonds is 3. The number of thioether (sulfide) groups is 1. The summed E-state index contributed by atoms with van der Waals surface area (Å²) < 4.78 is 5.45. The molecule has 0 spiro atoms. The van der Waals surface area contributed by atoms with Crippen molar-refractivity contribution < 1.29 is 4.74 Å². The zero-order valence-corrected chi connectivity index (χ0v) is 12.3. The van der Waals surface area contributed by atoms with E-state index in [2.05, 4.69) is 38.0 Å². The van der Waals surface area contributed by atoms with Crippen LogP contribution < -0.4 is 5.32 Å². The van der Waals surface area contributed by atoms with E-state index in [9.17, 15) is 0 Å². The standard InChI is InChI=1S/C14H27NOS/c1-14(2)7-4-12(15-3)13(10-14)17-11-5-8-16-9-6-11/h11-13,15H,4-10H2,1-3H3. The van der Waals surface area contributed by atoms with Gasteiger partial charge < -0.3 is 10.1 Å². The zero-order valence-electron chi connectivity index (χ0n) is 11.5. The van der Waals surface area contributed by atoms with Gasteiger partial charge in [0.15, 0.2) is 0 Å². The molecule has 0 amide bonds. The van der Waals surface area contributed by atoms with E-state index in [0.717, 1.165) is 29.8 Å². The minimum atomic E-state index is 0.538. The highest BCUT2D eigenvalue weighted by atomic mass is 32.2. The molecule has 0 aromatic carbocycles. The first-order valence-corrected chi connectivity index (χ1v) is 7.95. The van der Waals surface area contributed by atoms with Crippen molar-refractivity contribution in [2.75, 3.05) is 20.3 Å². The molecule has 0 aromatic heterocycles. The molecule has 0 aromatic rings. The van der Waals surface area contributed by atoms with Gasteiger partial charge in [-0.1, -0.05) is 13.8 Å². The van der Waals surface area contributed by atoms with E-state index in [0.29, 0.717) is 5.41 Å². The lowest BCUT2D eigenvalue weighted by Gasteiger charge is -2.42. The highest BCUT2D eigenvalue weighted by Crippen LogP contribution is 2.42. The van der Waals surface area contributed by atoms with Crippen LogP contribution in [0.2, 0.25) is 0 Å².